The molecule has 4 rings (SSSR count). The summed E-state index contributed by atoms with van der Waals surface area (Å²) in [6.07, 6.45) is 7.86. The lowest BCUT2D eigenvalue weighted by Crippen LogP contribution is -2.12. The Morgan fingerprint density at radius 1 is 0.929 bits per heavy atom. The molecule has 0 bridgehead atoms. The zero-order chi connectivity index (χ0) is 19.8. The summed E-state index contributed by atoms with van der Waals surface area (Å²) >= 11 is 0. The summed E-state index contributed by atoms with van der Waals surface area (Å²) in [4.78, 5) is 0. The molecule has 140 valence electrons. The van der Waals surface area contributed by atoms with Crippen molar-refractivity contribution in [1.82, 2.24) is 0 Å². The molecule has 28 heavy (non-hydrogen) atoms. The minimum atomic E-state index is -0.138. The molecule has 0 saturated heterocycles. The molecule has 4 heteroatoms. The van der Waals surface area contributed by atoms with Crippen LogP contribution < -0.4 is 10.5 Å². The number of benzene rings is 3. The summed E-state index contributed by atoms with van der Waals surface area (Å²) in [5.74, 6) is 0.878. The van der Waals surface area contributed by atoms with Crippen LogP contribution in [-0.4, -0.2) is 17.5 Å². The van der Waals surface area contributed by atoms with E-state index in [0.717, 1.165) is 16.9 Å². The van der Waals surface area contributed by atoms with Gasteiger partial charge < -0.3 is 15.6 Å². The molecule has 0 unspecified atom stereocenters. The topological polar surface area (TPSA) is 79.3 Å². The minimum Gasteiger partial charge on any atom is -0.507 e. The van der Waals surface area contributed by atoms with Crippen LogP contribution in [-0.2, 0) is 0 Å². The van der Waals surface area contributed by atoms with Gasteiger partial charge in [-0.05, 0) is 29.3 Å². The SMILES string of the molecule is C1=Cc2ccccc2OC1.N=C(N)c1c(O)cccc1C=Cc1ccccc1. The van der Waals surface area contributed by atoms with Gasteiger partial charge in [-0.25, -0.2) is 0 Å². The average molecular weight is 370 g/mol. The van der Waals surface area contributed by atoms with Gasteiger partial charge in [-0.2, -0.15) is 0 Å². The highest BCUT2D eigenvalue weighted by Gasteiger charge is 2.07. The quantitative estimate of drug-likeness (QED) is 0.347. The van der Waals surface area contributed by atoms with Gasteiger partial charge in [0.05, 0.1) is 5.56 Å². The first-order valence-corrected chi connectivity index (χ1v) is 8.93. The van der Waals surface area contributed by atoms with E-state index in [1.165, 1.54) is 11.6 Å². The zero-order valence-electron chi connectivity index (χ0n) is 15.4. The van der Waals surface area contributed by atoms with E-state index in [1.807, 2.05) is 78.9 Å². The summed E-state index contributed by atoms with van der Waals surface area (Å²) in [6.45, 7) is 0.705. The Kier molecular flexibility index (Phi) is 6.26. The van der Waals surface area contributed by atoms with Gasteiger partial charge in [0.1, 0.15) is 23.9 Å². The second-order valence-corrected chi connectivity index (χ2v) is 6.15. The Balaban J connectivity index is 0.000000188. The molecule has 0 aromatic heterocycles. The van der Waals surface area contributed by atoms with E-state index in [4.69, 9.17) is 15.9 Å². The van der Waals surface area contributed by atoms with Crippen molar-refractivity contribution in [2.24, 2.45) is 5.73 Å². The van der Waals surface area contributed by atoms with Crippen molar-refractivity contribution < 1.29 is 9.84 Å². The van der Waals surface area contributed by atoms with Gasteiger partial charge in [0.25, 0.3) is 0 Å². The molecule has 0 saturated carbocycles. The lowest BCUT2D eigenvalue weighted by Gasteiger charge is -2.10. The third-order valence-electron chi connectivity index (χ3n) is 4.15. The molecular weight excluding hydrogens is 348 g/mol. The molecule has 0 amide bonds. The van der Waals surface area contributed by atoms with Crippen LogP contribution in [0.2, 0.25) is 0 Å². The van der Waals surface area contributed by atoms with Crippen molar-refractivity contribution in [2.45, 2.75) is 0 Å². The average Bonchev–Trinajstić information content (AvgIpc) is 2.73. The lowest BCUT2D eigenvalue weighted by atomic mass is 10.0. The van der Waals surface area contributed by atoms with Crippen LogP contribution in [0.5, 0.6) is 11.5 Å². The normalized spacial score (nSPS) is 11.9. The van der Waals surface area contributed by atoms with E-state index in [0.29, 0.717) is 12.2 Å². The van der Waals surface area contributed by atoms with Crippen LogP contribution in [0.4, 0.5) is 0 Å². The first-order valence-electron chi connectivity index (χ1n) is 8.93. The summed E-state index contributed by atoms with van der Waals surface area (Å²) < 4.78 is 5.34. The molecule has 0 aliphatic carbocycles. The highest BCUT2D eigenvalue weighted by molar-refractivity contribution is 6.01. The lowest BCUT2D eigenvalue weighted by molar-refractivity contribution is 0.358. The van der Waals surface area contributed by atoms with Gasteiger partial charge in [0.15, 0.2) is 0 Å². The molecule has 0 spiro atoms. The Morgan fingerprint density at radius 3 is 2.43 bits per heavy atom. The maximum Gasteiger partial charge on any atom is 0.127 e. The number of hydrogen-bond donors (Lipinski definition) is 3. The van der Waals surface area contributed by atoms with Crippen molar-refractivity contribution in [3.05, 3.63) is 101 Å². The van der Waals surface area contributed by atoms with Gasteiger partial charge in [-0.3, -0.25) is 5.41 Å². The second-order valence-electron chi connectivity index (χ2n) is 6.15. The molecule has 0 atom stereocenters. The van der Waals surface area contributed by atoms with Gasteiger partial charge in [0.2, 0.25) is 0 Å². The fraction of sp³-hybridized carbons (Fsp3) is 0.0417. The molecule has 1 aliphatic heterocycles. The predicted molar refractivity (Wildman–Crippen MR) is 115 cm³/mol. The predicted octanol–water partition coefficient (Wildman–Crippen LogP) is 4.94. The number of phenolic OH excluding ortho intramolecular Hbond substituents is 1. The Morgan fingerprint density at radius 2 is 1.68 bits per heavy atom. The smallest absolute Gasteiger partial charge is 0.127 e. The first kappa shape index (κ1) is 19.0. The number of hydrogen-bond acceptors (Lipinski definition) is 3. The van der Waals surface area contributed by atoms with E-state index in [-0.39, 0.29) is 11.6 Å². The van der Waals surface area contributed by atoms with Crippen LogP contribution in [0.1, 0.15) is 22.3 Å². The standard InChI is InChI=1S/C15H14N2O.C9H8O/c16-15(17)14-12(7-4-8-13(14)18)10-9-11-5-2-1-3-6-11;1-2-6-9-8(4-1)5-3-7-10-9/h1-10,18H,(H3,16,17);1-6H,7H2. The Hall–Kier alpha value is -3.79. The highest BCUT2D eigenvalue weighted by Crippen LogP contribution is 2.23. The molecule has 0 radical (unpaired) electrons. The maximum atomic E-state index is 9.70. The third-order valence-corrected chi connectivity index (χ3v) is 4.15. The molecule has 3 aromatic rings. The maximum absolute atomic E-state index is 9.70. The highest BCUT2D eigenvalue weighted by atomic mass is 16.5. The van der Waals surface area contributed by atoms with Gasteiger partial charge in [-0.15, -0.1) is 0 Å². The van der Waals surface area contributed by atoms with Gasteiger partial charge >= 0.3 is 0 Å². The summed E-state index contributed by atoms with van der Waals surface area (Å²) in [5.41, 5.74) is 8.79. The van der Waals surface area contributed by atoms with Crippen LogP contribution in [0.15, 0.2) is 78.9 Å². The van der Waals surface area contributed by atoms with Crippen molar-refractivity contribution in [2.75, 3.05) is 6.61 Å². The van der Waals surface area contributed by atoms with Crippen LogP contribution in [0.3, 0.4) is 0 Å². The summed E-state index contributed by atoms with van der Waals surface area (Å²) in [5, 5.41) is 17.2. The van der Waals surface area contributed by atoms with E-state index < -0.39 is 0 Å². The Bertz CT molecular complexity index is 1010. The molecule has 3 aromatic carbocycles. The van der Waals surface area contributed by atoms with Crippen molar-refractivity contribution >= 4 is 24.1 Å². The number of rotatable bonds is 3. The Labute approximate surface area is 164 Å². The van der Waals surface area contributed by atoms with Gasteiger partial charge in [0, 0.05) is 5.56 Å². The summed E-state index contributed by atoms with van der Waals surface area (Å²) in [7, 11) is 0. The number of phenols is 1. The summed E-state index contributed by atoms with van der Waals surface area (Å²) in [6, 6.07) is 22.9. The molecular formula is C24H22N2O2. The fourth-order valence-electron chi connectivity index (χ4n) is 2.80. The van der Waals surface area contributed by atoms with Crippen LogP contribution in [0.25, 0.3) is 18.2 Å². The van der Waals surface area contributed by atoms with E-state index in [9.17, 15) is 5.11 Å². The number of fused-ring (bicyclic) bond motifs is 1. The first-order chi connectivity index (χ1) is 13.6. The van der Waals surface area contributed by atoms with Crippen molar-refractivity contribution in [1.29, 1.82) is 5.41 Å². The van der Waals surface area contributed by atoms with Crippen LogP contribution in [0, 0.1) is 5.41 Å². The molecule has 4 nitrogen and oxygen atoms in total. The van der Waals surface area contributed by atoms with E-state index in [2.05, 4.69) is 6.08 Å². The van der Waals surface area contributed by atoms with Crippen LogP contribution >= 0.6 is 0 Å². The monoisotopic (exact) mass is 370 g/mol. The second kappa shape index (κ2) is 9.24. The van der Waals surface area contributed by atoms with Crippen molar-refractivity contribution in [3.63, 3.8) is 0 Å². The fourth-order valence-corrected chi connectivity index (χ4v) is 2.80. The third kappa shape index (κ3) is 4.89. The molecule has 1 aliphatic rings. The number of para-hydroxylation sites is 1. The number of amidine groups is 1. The minimum absolute atomic E-state index is 0.0257. The van der Waals surface area contributed by atoms with E-state index in [1.54, 1.807) is 6.07 Å². The number of nitrogen functional groups attached to an aromatic ring is 1. The largest absolute Gasteiger partial charge is 0.507 e. The van der Waals surface area contributed by atoms with Gasteiger partial charge in [-0.1, -0.05) is 78.9 Å². The molecule has 1 heterocycles. The zero-order valence-corrected chi connectivity index (χ0v) is 15.4. The number of ether oxygens (including phenoxy) is 1. The van der Waals surface area contributed by atoms with E-state index >= 15 is 0 Å². The molecule has 4 N–H and O–H groups in total. The number of nitrogens with two attached hydrogens (primary N) is 1. The number of aromatic hydroxyl groups is 1. The number of nitrogens with one attached hydrogen (secondary N) is 1. The molecule has 0 fully saturated rings. The van der Waals surface area contributed by atoms with Crippen molar-refractivity contribution in [3.8, 4) is 11.5 Å².